The van der Waals surface area contributed by atoms with E-state index in [4.69, 9.17) is 0 Å². The van der Waals surface area contributed by atoms with Gasteiger partial charge in [0, 0.05) is 25.7 Å². The van der Waals surface area contributed by atoms with Crippen LogP contribution in [0.25, 0.3) is 0 Å². The largest absolute Gasteiger partial charge is 0.390 e. The molecule has 0 saturated heterocycles. The molecule has 0 spiro atoms. The lowest BCUT2D eigenvalue weighted by Crippen LogP contribution is -2.38. The lowest BCUT2D eigenvalue weighted by molar-refractivity contribution is 0.121. The predicted molar refractivity (Wildman–Crippen MR) is 61.8 cm³/mol. The van der Waals surface area contributed by atoms with E-state index in [0.29, 0.717) is 6.04 Å². The van der Waals surface area contributed by atoms with Gasteiger partial charge in [-0.15, -0.1) is 0 Å². The summed E-state index contributed by atoms with van der Waals surface area (Å²) in [7, 11) is 2.12. The molecule has 2 N–H and O–H groups in total. The fourth-order valence-corrected chi connectivity index (χ4v) is 2.14. The molecule has 3 heteroatoms. The number of aliphatic hydroxyl groups excluding tert-OH is 1. The smallest absolute Gasteiger partial charge is 0.0791 e. The second-order valence-corrected chi connectivity index (χ2v) is 5.53. The molecule has 3 unspecified atom stereocenters. The van der Waals surface area contributed by atoms with Gasteiger partial charge in [-0.05, 0) is 38.1 Å². The lowest BCUT2D eigenvalue weighted by atomic mass is 10.3. The van der Waals surface area contributed by atoms with E-state index in [1.54, 1.807) is 0 Å². The summed E-state index contributed by atoms with van der Waals surface area (Å²) in [6, 6.07) is 0.702. The second-order valence-electron chi connectivity index (χ2n) is 5.53. The number of aliphatic hydroxyl groups is 1. The fourth-order valence-electron chi connectivity index (χ4n) is 2.14. The topological polar surface area (TPSA) is 35.5 Å². The zero-order chi connectivity index (χ0) is 10.8. The summed E-state index contributed by atoms with van der Waals surface area (Å²) < 4.78 is 0. The first-order valence-electron chi connectivity index (χ1n) is 6.25. The number of hydrogen-bond acceptors (Lipinski definition) is 3. The number of rotatable bonds is 7. The Bertz CT molecular complexity index is 206. The first-order valence-corrected chi connectivity index (χ1v) is 6.25. The molecule has 0 aromatic carbocycles. The zero-order valence-corrected chi connectivity index (χ0v) is 9.95. The minimum Gasteiger partial charge on any atom is -0.390 e. The molecule has 0 aromatic heterocycles. The van der Waals surface area contributed by atoms with Gasteiger partial charge in [0.25, 0.3) is 0 Å². The van der Waals surface area contributed by atoms with Crippen LogP contribution in [0.3, 0.4) is 0 Å². The van der Waals surface area contributed by atoms with E-state index in [-0.39, 0.29) is 6.10 Å². The zero-order valence-electron chi connectivity index (χ0n) is 9.95. The van der Waals surface area contributed by atoms with Crippen LogP contribution in [0.15, 0.2) is 0 Å². The van der Waals surface area contributed by atoms with Gasteiger partial charge >= 0.3 is 0 Å². The van der Waals surface area contributed by atoms with Gasteiger partial charge in [0.05, 0.1) is 6.10 Å². The van der Waals surface area contributed by atoms with Crippen molar-refractivity contribution in [3.63, 3.8) is 0 Å². The van der Waals surface area contributed by atoms with Crippen molar-refractivity contribution < 1.29 is 5.11 Å². The van der Waals surface area contributed by atoms with Crippen molar-refractivity contribution in [1.82, 2.24) is 10.2 Å². The van der Waals surface area contributed by atoms with Crippen LogP contribution in [0.5, 0.6) is 0 Å². The summed E-state index contributed by atoms with van der Waals surface area (Å²) in [6.07, 6.45) is 3.76. The van der Waals surface area contributed by atoms with E-state index in [0.717, 1.165) is 31.5 Å². The molecular weight excluding hydrogens is 188 g/mol. The Kier molecular flexibility index (Phi) is 3.65. The standard InChI is InChI=1S/C12H24N2O/c1-9-5-10(9)7-14(2)8-12(15)6-13-11-3-4-11/h9-13,15H,3-8H2,1-2H3. The third kappa shape index (κ3) is 4.09. The van der Waals surface area contributed by atoms with Gasteiger partial charge in [-0.25, -0.2) is 0 Å². The van der Waals surface area contributed by atoms with Gasteiger partial charge in [0.1, 0.15) is 0 Å². The monoisotopic (exact) mass is 212 g/mol. The SMILES string of the molecule is CC1CC1CN(C)CC(O)CNC1CC1. The summed E-state index contributed by atoms with van der Waals surface area (Å²) in [5.41, 5.74) is 0. The Morgan fingerprint density at radius 3 is 2.67 bits per heavy atom. The highest BCUT2D eigenvalue weighted by Gasteiger charge is 2.33. The van der Waals surface area contributed by atoms with Crippen LogP contribution in [0.1, 0.15) is 26.2 Å². The molecule has 3 atom stereocenters. The Hall–Kier alpha value is -0.120. The van der Waals surface area contributed by atoms with E-state index < -0.39 is 0 Å². The molecule has 0 amide bonds. The average molecular weight is 212 g/mol. The third-order valence-electron chi connectivity index (χ3n) is 3.56. The van der Waals surface area contributed by atoms with Gasteiger partial charge < -0.3 is 15.3 Å². The quantitative estimate of drug-likeness (QED) is 0.652. The second kappa shape index (κ2) is 4.81. The van der Waals surface area contributed by atoms with Gasteiger partial charge in [-0.1, -0.05) is 6.92 Å². The Labute approximate surface area is 92.8 Å². The van der Waals surface area contributed by atoms with E-state index in [1.807, 2.05) is 0 Å². The van der Waals surface area contributed by atoms with Crippen LogP contribution in [0, 0.1) is 11.8 Å². The molecule has 0 aliphatic heterocycles. The number of likely N-dealkylation sites (N-methyl/N-ethyl adjacent to an activating group) is 1. The minimum absolute atomic E-state index is 0.204. The maximum atomic E-state index is 9.79. The van der Waals surface area contributed by atoms with Crippen molar-refractivity contribution in [1.29, 1.82) is 0 Å². The highest BCUT2D eigenvalue weighted by atomic mass is 16.3. The van der Waals surface area contributed by atoms with Crippen molar-refractivity contribution in [3.05, 3.63) is 0 Å². The fraction of sp³-hybridized carbons (Fsp3) is 1.00. The van der Waals surface area contributed by atoms with E-state index in [2.05, 4.69) is 24.2 Å². The predicted octanol–water partition coefficient (Wildman–Crippen LogP) is 0.687. The minimum atomic E-state index is -0.204. The third-order valence-corrected chi connectivity index (χ3v) is 3.56. The molecule has 0 heterocycles. The molecule has 2 saturated carbocycles. The van der Waals surface area contributed by atoms with Crippen LogP contribution in [0.4, 0.5) is 0 Å². The summed E-state index contributed by atoms with van der Waals surface area (Å²) in [4.78, 5) is 2.27. The van der Waals surface area contributed by atoms with Crippen molar-refractivity contribution in [2.24, 2.45) is 11.8 Å². The number of hydrogen-bond donors (Lipinski definition) is 2. The molecule has 2 rings (SSSR count). The van der Waals surface area contributed by atoms with Gasteiger partial charge in [0.2, 0.25) is 0 Å². The average Bonchev–Trinajstić information content (AvgIpc) is 3.02. The number of nitrogens with zero attached hydrogens (tertiary/aromatic N) is 1. The first kappa shape index (κ1) is 11.4. The summed E-state index contributed by atoms with van der Waals surface area (Å²) in [5, 5.41) is 13.2. The Balaban J connectivity index is 1.53. The van der Waals surface area contributed by atoms with Gasteiger partial charge in [0.15, 0.2) is 0 Å². The van der Waals surface area contributed by atoms with E-state index >= 15 is 0 Å². The van der Waals surface area contributed by atoms with Crippen LogP contribution in [-0.2, 0) is 0 Å². The summed E-state index contributed by atoms with van der Waals surface area (Å²) >= 11 is 0. The van der Waals surface area contributed by atoms with Crippen LogP contribution >= 0.6 is 0 Å². The van der Waals surface area contributed by atoms with Crippen molar-refractivity contribution in [2.45, 2.75) is 38.3 Å². The maximum Gasteiger partial charge on any atom is 0.0791 e. The van der Waals surface area contributed by atoms with E-state index in [1.165, 1.54) is 19.3 Å². The molecule has 88 valence electrons. The van der Waals surface area contributed by atoms with Crippen molar-refractivity contribution in [2.75, 3.05) is 26.7 Å². The highest BCUT2D eigenvalue weighted by molar-refractivity contribution is 4.85. The molecule has 0 aromatic rings. The Morgan fingerprint density at radius 2 is 2.13 bits per heavy atom. The molecular formula is C12H24N2O. The van der Waals surface area contributed by atoms with Crippen molar-refractivity contribution >= 4 is 0 Å². The highest BCUT2D eigenvalue weighted by Crippen LogP contribution is 2.37. The summed E-state index contributed by atoms with van der Waals surface area (Å²) in [6.45, 7) is 5.03. The van der Waals surface area contributed by atoms with Crippen LogP contribution in [-0.4, -0.2) is 48.8 Å². The van der Waals surface area contributed by atoms with E-state index in [9.17, 15) is 5.11 Å². The number of nitrogens with one attached hydrogen (secondary N) is 1. The first-order chi connectivity index (χ1) is 7.15. The molecule has 0 radical (unpaired) electrons. The lowest BCUT2D eigenvalue weighted by Gasteiger charge is -2.20. The van der Waals surface area contributed by atoms with Crippen LogP contribution in [0.2, 0.25) is 0 Å². The molecule has 2 aliphatic carbocycles. The molecule has 0 bridgehead atoms. The maximum absolute atomic E-state index is 9.79. The molecule has 2 fully saturated rings. The molecule has 3 nitrogen and oxygen atoms in total. The Morgan fingerprint density at radius 1 is 1.47 bits per heavy atom. The summed E-state index contributed by atoms with van der Waals surface area (Å²) in [5.74, 6) is 1.80. The van der Waals surface area contributed by atoms with Gasteiger partial charge in [-0.2, -0.15) is 0 Å². The van der Waals surface area contributed by atoms with Crippen LogP contribution < -0.4 is 5.32 Å². The normalized spacial score (nSPS) is 32.0. The molecule has 2 aliphatic rings. The van der Waals surface area contributed by atoms with Gasteiger partial charge in [-0.3, -0.25) is 0 Å². The van der Waals surface area contributed by atoms with Crippen molar-refractivity contribution in [3.8, 4) is 0 Å². The molecule has 15 heavy (non-hydrogen) atoms.